The molecular weight excluding hydrogens is 436 g/mol. The molecule has 1 saturated carbocycles. The Kier molecular flexibility index (Phi) is 5.69. The van der Waals surface area contributed by atoms with Gasteiger partial charge in [-0.25, -0.2) is 4.79 Å². The number of hydrogen-bond acceptors (Lipinski definition) is 3. The maximum absolute atomic E-state index is 11.9. The number of aromatic carboxylic acids is 1. The van der Waals surface area contributed by atoms with Gasteiger partial charge in [0.05, 0.1) is 17.5 Å². The molecule has 1 fully saturated rings. The first-order chi connectivity index (χ1) is 17.1. The van der Waals surface area contributed by atoms with Crippen LogP contribution in [-0.4, -0.2) is 36.9 Å². The fourth-order valence-electron chi connectivity index (χ4n) is 6.23. The van der Waals surface area contributed by atoms with Crippen molar-refractivity contribution in [3.8, 4) is 11.3 Å². The minimum Gasteiger partial charge on any atom is -0.478 e. The van der Waals surface area contributed by atoms with Crippen molar-refractivity contribution in [1.29, 1.82) is 0 Å². The highest BCUT2D eigenvalue weighted by Gasteiger charge is 2.29. The first-order valence-electron chi connectivity index (χ1n) is 12.8. The van der Waals surface area contributed by atoms with E-state index in [2.05, 4.69) is 51.1 Å². The van der Waals surface area contributed by atoms with Gasteiger partial charge in [-0.05, 0) is 42.0 Å². The minimum atomic E-state index is -0.869. The number of nitrogens with zero attached hydrogens (tertiary/aromatic N) is 4. The van der Waals surface area contributed by atoms with Gasteiger partial charge < -0.3 is 9.67 Å². The van der Waals surface area contributed by atoms with Crippen LogP contribution in [0.5, 0.6) is 0 Å². The second kappa shape index (κ2) is 9.00. The van der Waals surface area contributed by atoms with Gasteiger partial charge in [-0.1, -0.05) is 49.6 Å². The number of carboxylic acids is 1. The maximum Gasteiger partial charge on any atom is 0.335 e. The molecule has 1 aliphatic heterocycles. The van der Waals surface area contributed by atoms with Gasteiger partial charge in [0, 0.05) is 61.5 Å². The van der Waals surface area contributed by atoms with Crippen molar-refractivity contribution in [1.82, 2.24) is 19.2 Å². The number of carbonyl (C=O) groups is 1. The molecule has 35 heavy (non-hydrogen) atoms. The third-order valence-electron chi connectivity index (χ3n) is 7.83. The topological polar surface area (TPSA) is 63.3 Å². The third kappa shape index (κ3) is 4.06. The highest BCUT2D eigenvalue weighted by Crippen LogP contribution is 2.45. The van der Waals surface area contributed by atoms with Gasteiger partial charge in [0.2, 0.25) is 0 Å². The molecule has 0 spiro atoms. The number of carboxylic acid groups (broad SMARTS) is 1. The summed E-state index contributed by atoms with van der Waals surface area (Å²) in [5, 5.41) is 15.3. The number of rotatable bonds is 4. The number of benzene rings is 2. The summed E-state index contributed by atoms with van der Waals surface area (Å²) in [7, 11) is 1.96. The molecule has 2 aliphatic rings. The first-order valence-corrected chi connectivity index (χ1v) is 12.8. The lowest BCUT2D eigenvalue weighted by Gasteiger charge is -2.29. The molecule has 3 heterocycles. The molecule has 1 N–H and O–H groups in total. The highest BCUT2D eigenvalue weighted by atomic mass is 16.4. The zero-order valence-electron chi connectivity index (χ0n) is 20.3. The summed E-state index contributed by atoms with van der Waals surface area (Å²) in [6.07, 6.45) is 10.3. The van der Waals surface area contributed by atoms with Crippen molar-refractivity contribution >= 4 is 16.9 Å². The van der Waals surface area contributed by atoms with Gasteiger partial charge in [0.1, 0.15) is 0 Å². The van der Waals surface area contributed by atoms with Gasteiger partial charge in [0.25, 0.3) is 0 Å². The summed E-state index contributed by atoms with van der Waals surface area (Å²) in [4.78, 5) is 14.4. The van der Waals surface area contributed by atoms with Crippen LogP contribution >= 0.6 is 0 Å². The molecule has 2 aromatic carbocycles. The lowest BCUT2D eigenvalue weighted by atomic mass is 9.81. The van der Waals surface area contributed by atoms with E-state index in [1.165, 1.54) is 65.4 Å². The van der Waals surface area contributed by atoms with Crippen LogP contribution in [0.4, 0.5) is 0 Å². The zero-order chi connectivity index (χ0) is 23.9. The van der Waals surface area contributed by atoms with E-state index in [0.717, 1.165) is 31.7 Å². The number of fused-ring (bicyclic) bond motifs is 5. The summed E-state index contributed by atoms with van der Waals surface area (Å²) < 4.78 is 4.27. The van der Waals surface area contributed by atoms with Gasteiger partial charge in [-0.2, -0.15) is 5.10 Å². The Hall–Kier alpha value is -3.38. The Labute approximate surface area is 205 Å². The van der Waals surface area contributed by atoms with Crippen molar-refractivity contribution in [2.24, 2.45) is 7.05 Å². The Balaban J connectivity index is 1.53. The minimum absolute atomic E-state index is 0.357. The first kappa shape index (κ1) is 22.1. The molecule has 1 aliphatic carbocycles. The second-order valence-electron chi connectivity index (χ2n) is 10.2. The van der Waals surface area contributed by atoms with E-state index in [-0.39, 0.29) is 0 Å². The Bertz CT molecular complexity index is 1390. The van der Waals surface area contributed by atoms with Crippen LogP contribution in [0, 0.1) is 0 Å². The van der Waals surface area contributed by atoms with E-state index < -0.39 is 5.97 Å². The quantitative estimate of drug-likeness (QED) is 0.411. The summed E-state index contributed by atoms with van der Waals surface area (Å²) in [6, 6.07) is 14.5. The average Bonchev–Trinajstić information content (AvgIpc) is 3.41. The molecule has 6 nitrogen and oxygen atoms in total. The molecule has 0 unspecified atom stereocenters. The van der Waals surface area contributed by atoms with Crippen LogP contribution < -0.4 is 0 Å². The molecule has 0 atom stereocenters. The van der Waals surface area contributed by atoms with Gasteiger partial charge in [0.15, 0.2) is 0 Å². The monoisotopic (exact) mass is 468 g/mol. The maximum atomic E-state index is 11.9. The molecule has 2 aromatic heterocycles. The molecule has 6 heteroatoms. The van der Waals surface area contributed by atoms with Crippen LogP contribution in [0.3, 0.4) is 0 Å². The van der Waals surface area contributed by atoms with E-state index in [1.54, 1.807) is 6.07 Å². The van der Waals surface area contributed by atoms with Gasteiger partial charge in [-0.15, -0.1) is 0 Å². The van der Waals surface area contributed by atoms with Crippen LogP contribution in [0.25, 0.3) is 22.2 Å². The molecule has 4 aromatic rings. The van der Waals surface area contributed by atoms with Crippen molar-refractivity contribution in [3.05, 3.63) is 77.1 Å². The van der Waals surface area contributed by atoms with Crippen molar-refractivity contribution in [2.45, 2.75) is 57.7 Å². The standard InChI is InChI=1S/C29H32N4O2/c1-31-17-20(16-30-31)18-32-13-14-33-26-15-22(29(34)35)11-12-25(26)27(21-7-3-2-4-8-21)28(33)24-10-6-5-9-23(24)19-32/h5-6,9-12,15-17,21H,2-4,7-8,13-14,18-19H2,1H3,(H,34,35). The summed E-state index contributed by atoms with van der Waals surface area (Å²) in [5.41, 5.74) is 7.98. The van der Waals surface area contributed by atoms with Crippen molar-refractivity contribution in [3.63, 3.8) is 0 Å². The van der Waals surface area contributed by atoms with E-state index in [1.807, 2.05) is 24.0 Å². The number of aromatic nitrogens is 3. The number of aryl methyl sites for hydroxylation is 1. The Morgan fingerprint density at radius 3 is 2.69 bits per heavy atom. The van der Waals surface area contributed by atoms with Gasteiger partial charge in [-0.3, -0.25) is 9.58 Å². The molecule has 180 valence electrons. The zero-order valence-corrected chi connectivity index (χ0v) is 20.3. The second-order valence-corrected chi connectivity index (χ2v) is 10.2. The predicted molar refractivity (Wildman–Crippen MR) is 137 cm³/mol. The molecule has 0 saturated heterocycles. The summed E-state index contributed by atoms with van der Waals surface area (Å²) >= 11 is 0. The lowest BCUT2D eigenvalue weighted by molar-refractivity contribution is 0.0697. The fourth-order valence-corrected chi connectivity index (χ4v) is 6.23. The van der Waals surface area contributed by atoms with E-state index in [4.69, 9.17) is 0 Å². The SMILES string of the molecule is Cn1cc(CN2CCn3c(c(C4CCCCC4)c4ccc(C(=O)O)cc43)-c3ccccc3C2)cn1. The van der Waals surface area contributed by atoms with Crippen LogP contribution in [-0.2, 0) is 26.7 Å². The van der Waals surface area contributed by atoms with Crippen LogP contribution in [0.1, 0.15) is 65.1 Å². The Morgan fingerprint density at radius 1 is 1.09 bits per heavy atom. The molecule has 0 amide bonds. The van der Waals surface area contributed by atoms with E-state index in [0.29, 0.717) is 11.5 Å². The highest BCUT2D eigenvalue weighted by molar-refractivity contribution is 5.98. The average molecular weight is 469 g/mol. The lowest BCUT2D eigenvalue weighted by Crippen LogP contribution is -2.29. The number of hydrogen-bond donors (Lipinski definition) is 1. The van der Waals surface area contributed by atoms with Crippen molar-refractivity contribution < 1.29 is 9.90 Å². The largest absolute Gasteiger partial charge is 0.478 e. The predicted octanol–water partition coefficient (Wildman–Crippen LogP) is 5.80. The summed E-state index contributed by atoms with van der Waals surface area (Å²) in [5.74, 6) is -0.344. The molecule has 0 bridgehead atoms. The van der Waals surface area contributed by atoms with Crippen LogP contribution in [0.2, 0.25) is 0 Å². The third-order valence-corrected chi connectivity index (χ3v) is 7.83. The van der Waals surface area contributed by atoms with Crippen molar-refractivity contribution in [2.75, 3.05) is 6.54 Å². The van der Waals surface area contributed by atoms with Crippen LogP contribution in [0.15, 0.2) is 54.9 Å². The molecule has 6 rings (SSSR count). The smallest absolute Gasteiger partial charge is 0.335 e. The van der Waals surface area contributed by atoms with Gasteiger partial charge >= 0.3 is 5.97 Å². The molecule has 0 radical (unpaired) electrons. The van der Waals surface area contributed by atoms with E-state index in [9.17, 15) is 9.90 Å². The fraction of sp³-hybridized carbons (Fsp3) is 0.379. The Morgan fingerprint density at radius 2 is 1.91 bits per heavy atom. The summed E-state index contributed by atoms with van der Waals surface area (Å²) in [6.45, 7) is 3.45. The normalized spacial score (nSPS) is 17.1. The van der Waals surface area contributed by atoms with E-state index >= 15 is 0 Å². The molecular formula is C29H32N4O2.